The number of benzene rings is 4. The van der Waals surface area contributed by atoms with E-state index in [1.807, 2.05) is 0 Å². The number of aliphatic hydroxyl groups excluding tert-OH is 8. The molecular weight excluding hydrogens is 1810 g/mol. The third-order valence-electron chi connectivity index (χ3n) is 17.7. The maximum absolute atomic E-state index is 15.7. The van der Waals surface area contributed by atoms with Crippen molar-refractivity contribution in [2.75, 3.05) is 26.3 Å². The molecule has 8 aliphatic rings. The average molecular weight is 1870 g/mol. The number of rotatable bonds is 16. The van der Waals surface area contributed by atoms with Crippen molar-refractivity contribution in [2.24, 2.45) is 0 Å². The van der Waals surface area contributed by atoms with Gasteiger partial charge in [-0.1, -0.05) is 0 Å². The van der Waals surface area contributed by atoms with E-state index in [-0.39, 0.29) is 84.2 Å². The van der Waals surface area contributed by atoms with Crippen molar-refractivity contribution < 1.29 is 193 Å². The molecule has 4 aromatic heterocycles. The number of nitrogens with zero attached hydrogens (tertiary/aromatic N) is 4. The Bertz CT molecular complexity index is 6560. The molecule has 4 aromatic carbocycles. The first-order valence-corrected chi connectivity index (χ1v) is 39.7. The molecule has 8 aliphatic heterocycles. The molecule has 20 atom stereocenters. The molecule has 0 spiro atoms. The fourth-order valence-electron chi connectivity index (χ4n) is 11.4. The summed E-state index contributed by atoms with van der Waals surface area (Å²) < 4.78 is 345. The maximum atomic E-state index is 15.7. The van der Waals surface area contributed by atoms with E-state index in [4.69, 9.17) is 67.7 Å². The molecule has 4 unspecified atom stereocenters. The van der Waals surface area contributed by atoms with Gasteiger partial charge in [-0.2, -0.15) is 17.6 Å². The largest absolute Gasteiger partial charge is 0.530 e. The Hall–Kier alpha value is -9.92. The number of ether oxygens (including phenoxy) is 4. The van der Waals surface area contributed by atoms with Crippen LogP contribution in [-0.4, -0.2) is 178 Å². The van der Waals surface area contributed by atoms with E-state index < -0.39 is 266 Å². The third-order valence-corrected chi connectivity index (χ3v) is 22.6. The Labute approximate surface area is 683 Å². The van der Waals surface area contributed by atoms with Crippen LogP contribution < -0.4 is 63.1 Å². The first-order valence-electron chi connectivity index (χ1n) is 36.9. The minimum Gasteiger partial charge on any atom is -0.404 e. The highest BCUT2D eigenvalue weighted by atomic mass is 31.2. The Kier molecular flexibility index (Phi) is 23.5. The number of H-pyrrole nitrogens is 4. The van der Waals surface area contributed by atoms with Gasteiger partial charge in [-0.3, -0.25) is 93.6 Å². The summed E-state index contributed by atoms with van der Waals surface area (Å²) in [5.41, 5.74) is -10.8. The van der Waals surface area contributed by atoms with E-state index in [9.17, 15) is 133 Å². The average Bonchev–Trinajstić information content (AvgIpc) is 1.55. The van der Waals surface area contributed by atoms with Gasteiger partial charge in [0.1, 0.15) is 121 Å². The number of fused-ring (bicyclic) bond motifs is 4. The predicted molar refractivity (Wildman–Crippen MR) is 371 cm³/mol. The Morgan fingerprint density at radius 1 is 0.371 bits per heavy atom. The smallest absolute Gasteiger partial charge is 0.404 e. The molecule has 12 N–H and O–H groups in total. The number of aliphatic hydroxyl groups is 8. The summed E-state index contributed by atoms with van der Waals surface area (Å²) in [5, 5.41) is 81.0. The highest BCUT2D eigenvalue weighted by Gasteiger charge is 2.62. The molecular formula is C64H56F12N8O36P4. The quantitative estimate of drug-likeness (QED) is 0.0485. The molecule has 12 heterocycles. The van der Waals surface area contributed by atoms with Gasteiger partial charge < -0.3 is 77.9 Å². The van der Waals surface area contributed by atoms with Crippen molar-refractivity contribution in [3.05, 3.63) is 250 Å². The standard InChI is InChI=1S/4C16H14F3N2O9P/c4*17-8-1-2-10-7(3-8)5-27-31(26,30-10)28-6-16(19)12(23)11(22)14(29-16)21-4-9(18)13(24)20-15(21)25/h4*1-4,11-12,14,22-23H,5-6H2,(H,20,24,25)/t4*11-,12+,14-,16-,31?/m1111/s1/i6D2,14D;14D;6D2;. The van der Waals surface area contributed by atoms with Crippen LogP contribution in [0.4, 0.5) is 52.7 Å². The highest BCUT2D eigenvalue weighted by molar-refractivity contribution is 7.49. The van der Waals surface area contributed by atoms with Crippen LogP contribution in [0.3, 0.4) is 0 Å². The monoisotopic (exact) mass is 1870 g/mol. The molecule has 4 saturated heterocycles. The van der Waals surface area contributed by atoms with Crippen LogP contribution in [0.25, 0.3) is 0 Å². The molecule has 0 radical (unpaired) electrons. The van der Waals surface area contributed by atoms with Crippen molar-refractivity contribution in [2.45, 2.75) is 124 Å². The minimum absolute atomic E-state index is 0.0134. The van der Waals surface area contributed by atoms with Gasteiger partial charge in [0, 0.05) is 22.3 Å². The van der Waals surface area contributed by atoms with Gasteiger partial charge in [0.05, 0.1) is 59.4 Å². The van der Waals surface area contributed by atoms with Gasteiger partial charge >= 0.3 is 54.0 Å². The summed E-state index contributed by atoms with van der Waals surface area (Å²) in [6.45, 7) is -12.6. The van der Waals surface area contributed by atoms with Crippen LogP contribution in [0.5, 0.6) is 23.0 Å². The second-order valence-electron chi connectivity index (χ2n) is 26.1. The lowest BCUT2D eigenvalue weighted by Gasteiger charge is -2.28. The van der Waals surface area contributed by atoms with E-state index in [2.05, 4.69) is 13.8 Å². The second kappa shape index (κ2) is 34.8. The van der Waals surface area contributed by atoms with Crippen LogP contribution >= 0.6 is 31.3 Å². The molecule has 44 nitrogen and oxygen atoms in total. The summed E-state index contributed by atoms with van der Waals surface area (Å²) in [6, 6.07) is 12.3. The summed E-state index contributed by atoms with van der Waals surface area (Å²) in [7, 11) is -18.9. The Morgan fingerprint density at radius 2 is 0.613 bits per heavy atom. The summed E-state index contributed by atoms with van der Waals surface area (Å²) in [5.74, 6) is -24.3. The fraction of sp³-hybridized carbons (Fsp3) is 0.375. The molecule has 60 heteroatoms. The molecule has 4 fully saturated rings. The molecule has 672 valence electrons. The summed E-state index contributed by atoms with van der Waals surface area (Å²) in [6.07, 6.45) is -30.3. The van der Waals surface area contributed by atoms with Crippen LogP contribution in [0.2, 0.25) is 0 Å². The van der Waals surface area contributed by atoms with Crippen molar-refractivity contribution >= 4 is 31.3 Å². The van der Waals surface area contributed by atoms with E-state index in [1.165, 1.54) is 15.0 Å². The molecule has 0 saturated carbocycles. The third kappa shape index (κ3) is 19.0. The SMILES string of the molecule is O=c1[nH]c(=O)n([C@@H]2O[C@](F)(COP3(=O)OCc4cc(F)ccc4O3)[C@@H](O)[C@H]2O)cc1F.[2H]C([2H])(OP1(=O)OCc2cc(F)ccc2O1)[C@@]1(F)O[C@@H](n2cc(F)c(=O)[nH]c2=O)[C@H](O)[C@@H]1O.[2H]C([2H])(OP1(=O)OCc2cc(F)ccc2O1)[C@@]1(F)O[C@@]([2H])(n2cc(F)c(=O)[nH]c2=O)[C@H](O)[C@@H]1O.[2H][C@@]1(n2cc(F)c(=O)[nH]c2=O)O[C@](F)(COP2(=O)OCc3cc(F)ccc3O2)[C@@H](O)[C@H]1O. The summed E-state index contributed by atoms with van der Waals surface area (Å²) in [4.78, 5) is 98.4. The molecule has 0 amide bonds. The number of hydrogen-bond donors (Lipinski definition) is 12. The van der Waals surface area contributed by atoms with Crippen molar-refractivity contribution in [1.82, 2.24) is 38.2 Å². The molecule has 8 aromatic rings. The summed E-state index contributed by atoms with van der Waals surface area (Å²) >= 11 is 0. The van der Waals surface area contributed by atoms with E-state index >= 15 is 17.6 Å². The Balaban J connectivity index is 0.000000148. The highest BCUT2D eigenvalue weighted by Crippen LogP contribution is 2.60. The van der Waals surface area contributed by atoms with Crippen molar-refractivity contribution in [3.8, 4) is 23.0 Å². The first kappa shape index (κ1) is 83.6. The van der Waals surface area contributed by atoms with Crippen molar-refractivity contribution in [1.29, 1.82) is 0 Å². The molecule has 16 rings (SSSR count). The van der Waals surface area contributed by atoms with E-state index in [0.29, 0.717) is 10.8 Å². The maximum Gasteiger partial charge on any atom is 0.530 e. The zero-order valence-electron chi connectivity index (χ0n) is 66.4. The number of phosphoric ester groups is 4. The minimum atomic E-state index is -5.01. The zero-order valence-corrected chi connectivity index (χ0v) is 64.0. The van der Waals surface area contributed by atoms with Gasteiger partial charge in [0.15, 0.2) is 24.9 Å². The number of halogens is 12. The number of nitrogens with one attached hydrogen (secondary N) is 4. The van der Waals surface area contributed by atoms with Crippen LogP contribution in [0, 0.1) is 46.5 Å². The number of aromatic nitrogens is 8. The van der Waals surface area contributed by atoms with Crippen LogP contribution in [0.1, 0.15) is 55.3 Å². The lowest BCUT2D eigenvalue weighted by atomic mass is 10.1. The van der Waals surface area contributed by atoms with E-state index in [0.717, 1.165) is 72.8 Å². The topological polar surface area (TPSA) is 597 Å². The number of phosphoric acid groups is 4. The van der Waals surface area contributed by atoms with Gasteiger partial charge in [0.2, 0.25) is 23.3 Å². The molecule has 0 bridgehead atoms. The lowest BCUT2D eigenvalue weighted by molar-refractivity contribution is -0.205. The number of hydrogen-bond acceptors (Lipinski definition) is 36. The van der Waals surface area contributed by atoms with Gasteiger partial charge in [0.25, 0.3) is 45.7 Å². The second-order valence-corrected chi connectivity index (χ2v) is 32.3. The molecule has 0 aliphatic carbocycles. The Morgan fingerprint density at radius 3 is 0.935 bits per heavy atom. The number of aromatic amines is 4. The van der Waals surface area contributed by atoms with Crippen LogP contribution in [0.15, 0.2) is 136 Å². The molecule has 124 heavy (non-hydrogen) atoms. The van der Waals surface area contributed by atoms with Crippen LogP contribution in [-0.2, 0) is 99.8 Å². The lowest BCUT2D eigenvalue weighted by Crippen LogP contribution is -2.43. The normalized spacial score (nSPS) is 34.6. The van der Waals surface area contributed by atoms with E-state index in [1.54, 1.807) is 4.98 Å². The van der Waals surface area contributed by atoms with Gasteiger partial charge in [-0.05, 0) is 72.8 Å². The fourth-order valence-corrected chi connectivity index (χ4v) is 16.1. The predicted octanol–water partition coefficient (Wildman–Crippen LogP) is 1.86. The van der Waals surface area contributed by atoms with Gasteiger partial charge in [-0.15, -0.1) is 0 Å². The zero-order chi connectivity index (χ0) is 95.6. The van der Waals surface area contributed by atoms with Gasteiger partial charge in [-0.25, -0.2) is 72.6 Å². The number of alkyl halides is 4. The first-order chi connectivity index (χ1) is 60.3. The van der Waals surface area contributed by atoms with Crippen molar-refractivity contribution in [3.63, 3.8) is 0 Å².